The number of benzene rings is 2. The fourth-order valence-electron chi connectivity index (χ4n) is 2.81. The van der Waals surface area contributed by atoms with E-state index in [1.54, 1.807) is 38.3 Å². The van der Waals surface area contributed by atoms with Gasteiger partial charge in [-0.25, -0.2) is 0 Å². The summed E-state index contributed by atoms with van der Waals surface area (Å²) in [6.07, 6.45) is 2.58. The van der Waals surface area contributed by atoms with Crippen LogP contribution in [-0.2, 0) is 9.59 Å². The van der Waals surface area contributed by atoms with Gasteiger partial charge < -0.3 is 24.8 Å². The van der Waals surface area contributed by atoms with Gasteiger partial charge in [-0.05, 0) is 54.8 Å². The van der Waals surface area contributed by atoms with Gasteiger partial charge in [0, 0.05) is 11.8 Å². The molecule has 0 saturated heterocycles. The van der Waals surface area contributed by atoms with Crippen molar-refractivity contribution in [3.63, 3.8) is 0 Å². The molecule has 0 radical (unpaired) electrons. The molecule has 0 aliphatic carbocycles. The molecule has 0 fully saturated rings. The number of nitrogens with one attached hydrogen (secondary N) is 2. The first-order valence-corrected chi connectivity index (χ1v) is 9.77. The molecule has 2 N–H and O–H groups in total. The first kappa shape index (κ1) is 21.2. The van der Waals surface area contributed by atoms with Crippen LogP contribution in [0.25, 0.3) is 6.08 Å². The molecule has 3 rings (SSSR count). The Hall–Kier alpha value is -3.48. The lowest BCUT2D eigenvalue weighted by atomic mass is 10.1. The normalized spacial score (nSPS) is 15.4. The third-order valence-electron chi connectivity index (χ3n) is 4.36. The van der Waals surface area contributed by atoms with Gasteiger partial charge in [0.25, 0.3) is 5.91 Å². The van der Waals surface area contributed by atoms with E-state index in [0.29, 0.717) is 41.1 Å². The molecule has 2 amide bonds. The van der Waals surface area contributed by atoms with Crippen LogP contribution in [0.15, 0.2) is 42.5 Å². The van der Waals surface area contributed by atoms with E-state index in [4.69, 9.17) is 14.2 Å². The summed E-state index contributed by atoms with van der Waals surface area (Å²) in [7, 11) is 1.58. The van der Waals surface area contributed by atoms with E-state index in [-0.39, 0.29) is 11.8 Å². The van der Waals surface area contributed by atoms with Crippen LogP contribution < -0.4 is 24.8 Å². The zero-order valence-corrected chi connectivity index (χ0v) is 17.5. The monoisotopic (exact) mass is 410 g/mol. The van der Waals surface area contributed by atoms with Gasteiger partial charge in [-0.15, -0.1) is 0 Å². The SMILES string of the molecule is COc1cc(/C=C/C(=O)Nc2ccc3c(c2)NC(=O)[C@@H](C)O3)ccc1OCC(C)C. The fourth-order valence-corrected chi connectivity index (χ4v) is 2.81. The molecule has 7 heteroatoms. The van der Waals surface area contributed by atoms with Crippen molar-refractivity contribution >= 4 is 29.3 Å². The van der Waals surface area contributed by atoms with Crippen molar-refractivity contribution in [1.29, 1.82) is 0 Å². The lowest BCUT2D eigenvalue weighted by Crippen LogP contribution is -2.34. The molecule has 1 aliphatic rings. The van der Waals surface area contributed by atoms with Gasteiger partial charge in [-0.2, -0.15) is 0 Å². The second kappa shape index (κ2) is 9.35. The van der Waals surface area contributed by atoms with E-state index in [0.717, 1.165) is 5.56 Å². The number of hydrogen-bond donors (Lipinski definition) is 2. The highest BCUT2D eigenvalue weighted by Crippen LogP contribution is 2.32. The van der Waals surface area contributed by atoms with E-state index in [2.05, 4.69) is 24.5 Å². The minimum absolute atomic E-state index is 0.222. The molecule has 1 atom stereocenters. The summed E-state index contributed by atoms with van der Waals surface area (Å²) >= 11 is 0. The van der Waals surface area contributed by atoms with Crippen LogP contribution in [0.3, 0.4) is 0 Å². The van der Waals surface area contributed by atoms with Crippen LogP contribution in [0.5, 0.6) is 17.2 Å². The summed E-state index contributed by atoms with van der Waals surface area (Å²) in [6.45, 7) is 6.42. The van der Waals surface area contributed by atoms with Crippen LogP contribution >= 0.6 is 0 Å². The summed E-state index contributed by atoms with van der Waals surface area (Å²) in [4.78, 5) is 24.0. The molecule has 30 heavy (non-hydrogen) atoms. The maximum Gasteiger partial charge on any atom is 0.265 e. The molecule has 2 aromatic rings. The Balaban J connectivity index is 1.65. The highest BCUT2D eigenvalue weighted by molar-refractivity contribution is 6.03. The first-order valence-electron chi connectivity index (χ1n) is 9.77. The summed E-state index contributed by atoms with van der Waals surface area (Å²) in [5.74, 6) is 1.73. The predicted octanol–water partition coefficient (Wildman–Crippen LogP) is 4.10. The Morgan fingerprint density at radius 3 is 2.77 bits per heavy atom. The molecule has 0 aromatic heterocycles. The topological polar surface area (TPSA) is 85.9 Å². The molecule has 7 nitrogen and oxygen atoms in total. The highest BCUT2D eigenvalue weighted by Gasteiger charge is 2.23. The van der Waals surface area contributed by atoms with Gasteiger partial charge in [-0.1, -0.05) is 19.9 Å². The van der Waals surface area contributed by atoms with Gasteiger partial charge in [0.15, 0.2) is 17.6 Å². The molecule has 0 unspecified atom stereocenters. The molecular formula is C23H26N2O5. The van der Waals surface area contributed by atoms with E-state index in [9.17, 15) is 9.59 Å². The van der Waals surface area contributed by atoms with E-state index in [1.807, 2.05) is 18.2 Å². The smallest absolute Gasteiger partial charge is 0.265 e. The van der Waals surface area contributed by atoms with Gasteiger partial charge >= 0.3 is 0 Å². The van der Waals surface area contributed by atoms with Crippen molar-refractivity contribution in [3.05, 3.63) is 48.0 Å². The maximum atomic E-state index is 12.3. The number of hydrogen-bond acceptors (Lipinski definition) is 5. The van der Waals surface area contributed by atoms with Crippen molar-refractivity contribution in [2.75, 3.05) is 24.4 Å². The standard InChI is InChI=1S/C23H26N2O5/c1-14(2)13-29-20-8-5-16(11-21(20)28-4)6-10-22(26)24-17-7-9-19-18(12-17)25-23(27)15(3)30-19/h5-12,14-15H,13H2,1-4H3,(H,24,26)(H,25,27)/b10-6+/t15-/m1/s1. The van der Waals surface area contributed by atoms with Crippen LogP contribution in [0.1, 0.15) is 26.3 Å². The third-order valence-corrected chi connectivity index (χ3v) is 4.36. The number of methoxy groups -OCH3 is 1. The Labute approximate surface area is 176 Å². The zero-order valence-electron chi connectivity index (χ0n) is 17.5. The fraction of sp³-hybridized carbons (Fsp3) is 0.304. The van der Waals surface area contributed by atoms with Crippen molar-refractivity contribution in [2.24, 2.45) is 5.92 Å². The summed E-state index contributed by atoms with van der Waals surface area (Å²) in [6, 6.07) is 10.6. The average Bonchev–Trinajstić information content (AvgIpc) is 2.72. The average molecular weight is 410 g/mol. The Morgan fingerprint density at radius 1 is 1.23 bits per heavy atom. The van der Waals surface area contributed by atoms with Gasteiger partial charge in [0.05, 0.1) is 19.4 Å². The largest absolute Gasteiger partial charge is 0.493 e. The highest BCUT2D eigenvalue weighted by atomic mass is 16.5. The number of fused-ring (bicyclic) bond motifs is 1. The van der Waals surface area contributed by atoms with Crippen LogP contribution in [0, 0.1) is 5.92 Å². The van der Waals surface area contributed by atoms with Gasteiger partial charge in [0.1, 0.15) is 5.75 Å². The summed E-state index contributed by atoms with van der Waals surface area (Å²) in [5, 5.41) is 5.53. The molecule has 1 heterocycles. The second-order valence-corrected chi connectivity index (χ2v) is 7.40. The number of carbonyl (C=O) groups is 2. The maximum absolute atomic E-state index is 12.3. The molecule has 0 spiro atoms. The van der Waals surface area contributed by atoms with Crippen molar-refractivity contribution in [3.8, 4) is 17.2 Å². The van der Waals surface area contributed by atoms with Gasteiger partial charge in [-0.3, -0.25) is 9.59 Å². The minimum atomic E-state index is -0.542. The molecule has 0 saturated carbocycles. The van der Waals surface area contributed by atoms with Gasteiger partial charge in [0.2, 0.25) is 5.91 Å². The van der Waals surface area contributed by atoms with Crippen molar-refractivity contribution < 1.29 is 23.8 Å². The van der Waals surface area contributed by atoms with E-state index >= 15 is 0 Å². The molecule has 0 bridgehead atoms. The number of anilines is 2. The lowest BCUT2D eigenvalue weighted by Gasteiger charge is -2.23. The van der Waals surface area contributed by atoms with Crippen LogP contribution in [-0.4, -0.2) is 31.6 Å². The molecular weight excluding hydrogens is 384 g/mol. The second-order valence-electron chi connectivity index (χ2n) is 7.40. The molecule has 1 aliphatic heterocycles. The Bertz CT molecular complexity index is 968. The van der Waals surface area contributed by atoms with Crippen molar-refractivity contribution in [1.82, 2.24) is 0 Å². The summed E-state index contributed by atoms with van der Waals surface area (Å²) in [5.41, 5.74) is 1.89. The van der Waals surface area contributed by atoms with E-state index in [1.165, 1.54) is 6.08 Å². The number of rotatable bonds is 7. The summed E-state index contributed by atoms with van der Waals surface area (Å²) < 4.78 is 16.6. The quantitative estimate of drug-likeness (QED) is 0.671. The van der Waals surface area contributed by atoms with Crippen LogP contribution in [0.4, 0.5) is 11.4 Å². The predicted molar refractivity (Wildman–Crippen MR) is 116 cm³/mol. The Kier molecular flexibility index (Phi) is 6.61. The number of carbonyl (C=O) groups excluding carboxylic acids is 2. The zero-order chi connectivity index (χ0) is 21.7. The Morgan fingerprint density at radius 2 is 2.03 bits per heavy atom. The minimum Gasteiger partial charge on any atom is -0.493 e. The number of amides is 2. The van der Waals surface area contributed by atoms with Crippen molar-refractivity contribution in [2.45, 2.75) is 26.9 Å². The third kappa shape index (κ3) is 5.31. The molecule has 158 valence electrons. The molecule has 2 aromatic carbocycles. The first-order chi connectivity index (χ1) is 14.4. The van der Waals surface area contributed by atoms with E-state index < -0.39 is 6.10 Å². The lowest BCUT2D eigenvalue weighted by molar-refractivity contribution is -0.122. The van der Waals surface area contributed by atoms with Crippen LogP contribution in [0.2, 0.25) is 0 Å². The number of ether oxygens (including phenoxy) is 3.